The SMILES string of the molecule is Cc1cccc(CC(=O)NC(c2cccc(F)c2)C2CCC2)c1C(=O)O. The third-order valence-corrected chi connectivity index (χ3v) is 5.07. The fourth-order valence-corrected chi connectivity index (χ4v) is 3.53. The van der Waals surface area contributed by atoms with Gasteiger partial charge in [-0.1, -0.05) is 36.8 Å². The fourth-order valence-electron chi connectivity index (χ4n) is 3.53. The van der Waals surface area contributed by atoms with Crippen LogP contribution in [0.1, 0.15) is 52.4 Å². The standard InChI is InChI=1S/C21H22FNO3/c1-13-5-2-8-15(19(13)21(25)26)12-18(24)23-20(14-6-3-7-14)16-9-4-10-17(22)11-16/h2,4-5,8-11,14,20H,3,6-7,12H2,1H3,(H,23,24)(H,25,26). The summed E-state index contributed by atoms with van der Waals surface area (Å²) in [6, 6.07) is 11.2. The first-order valence-electron chi connectivity index (χ1n) is 8.82. The van der Waals surface area contributed by atoms with E-state index in [9.17, 15) is 19.1 Å². The number of hydrogen-bond donors (Lipinski definition) is 2. The zero-order valence-corrected chi connectivity index (χ0v) is 14.7. The minimum Gasteiger partial charge on any atom is -0.478 e. The van der Waals surface area contributed by atoms with Gasteiger partial charge >= 0.3 is 5.97 Å². The van der Waals surface area contributed by atoms with Crippen LogP contribution in [0.5, 0.6) is 0 Å². The molecule has 1 saturated carbocycles. The number of benzene rings is 2. The quantitative estimate of drug-likeness (QED) is 0.822. The average Bonchev–Trinajstić information content (AvgIpc) is 2.52. The average molecular weight is 355 g/mol. The molecule has 2 aromatic rings. The maximum atomic E-state index is 13.6. The van der Waals surface area contributed by atoms with Crippen molar-refractivity contribution in [2.75, 3.05) is 0 Å². The van der Waals surface area contributed by atoms with Crippen LogP contribution in [0.2, 0.25) is 0 Å². The molecule has 1 aliphatic rings. The van der Waals surface area contributed by atoms with Crippen molar-refractivity contribution in [1.82, 2.24) is 5.32 Å². The van der Waals surface area contributed by atoms with Gasteiger partial charge in [-0.2, -0.15) is 0 Å². The summed E-state index contributed by atoms with van der Waals surface area (Å²) in [6.45, 7) is 1.72. The number of nitrogens with one attached hydrogen (secondary N) is 1. The molecule has 4 nitrogen and oxygen atoms in total. The number of rotatable bonds is 6. The smallest absolute Gasteiger partial charge is 0.336 e. The topological polar surface area (TPSA) is 66.4 Å². The van der Waals surface area contributed by atoms with Crippen LogP contribution in [0.3, 0.4) is 0 Å². The summed E-state index contributed by atoms with van der Waals surface area (Å²) < 4.78 is 13.6. The molecule has 1 amide bonds. The van der Waals surface area contributed by atoms with E-state index in [1.807, 2.05) is 6.07 Å². The molecule has 0 aliphatic heterocycles. The van der Waals surface area contributed by atoms with E-state index in [2.05, 4.69) is 5.32 Å². The Morgan fingerprint density at radius 2 is 1.96 bits per heavy atom. The van der Waals surface area contributed by atoms with Gasteiger partial charge in [0, 0.05) is 0 Å². The van der Waals surface area contributed by atoms with E-state index in [-0.39, 0.29) is 35.7 Å². The van der Waals surface area contributed by atoms with E-state index in [1.54, 1.807) is 31.2 Å². The zero-order chi connectivity index (χ0) is 18.7. The lowest BCUT2D eigenvalue weighted by Crippen LogP contribution is -2.37. The maximum absolute atomic E-state index is 13.6. The van der Waals surface area contributed by atoms with Crippen LogP contribution < -0.4 is 5.32 Å². The summed E-state index contributed by atoms with van der Waals surface area (Å²) in [5.74, 6) is -1.32. The molecule has 5 heteroatoms. The molecule has 2 N–H and O–H groups in total. The van der Waals surface area contributed by atoms with Gasteiger partial charge in [0.25, 0.3) is 0 Å². The number of aromatic carboxylic acids is 1. The normalized spacial score (nSPS) is 15.2. The highest BCUT2D eigenvalue weighted by molar-refractivity contribution is 5.93. The number of carbonyl (C=O) groups is 2. The third-order valence-electron chi connectivity index (χ3n) is 5.07. The Kier molecular flexibility index (Phi) is 5.35. The van der Waals surface area contributed by atoms with E-state index in [0.717, 1.165) is 24.8 Å². The van der Waals surface area contributed by atoms with Gasteiger partial charge in [-0.25, -0.2) is 9.18 Å². The predicted molar refractivity (Wildman–Crippen MR) is 96.5 cm³/mol. The molecule has 2 aromatic carbocycles. The van der Waals surface area contributed by atoms with Gasteiger partial charge in [0.2, 0.25) is 5.91 Å². The number of carboxylic acid groups (broad SMARTS) is 1. The minimum atomic E-state index is -1.04. The summed E-state index contributed by atoms with van der Waals surface area (Å²) in [4.78, 5) is 24.1. The van der Waals surface area contributed by atoms with Crippen molar-refractivity contribution in [2.24, 2.45) is 5.92 Å². The molecular weight excluding hydrogens is 333 g/mol. The highest BCUT2D eigenvalue weighted by Crippen LogP contribution is 2.38. The van der Waals surface area contributed by atoms with Crippen LogP contribution >= 0.6 is 0 Å². The zero-order valence-electron chi connectivity index (χ0n) is 14.7. The second kappa shape index (κ2) is 7.68. The van der Waals surface area contributed by atoms with Crippen LogP contribution in [-0.4, -0.2) is 17.0 Å². The third kappa shape index (κ3) is 3.93. The fraction of sp³-hybridized carbons (Fsp3) is 0.333. The lowest BCUT2D eigenvalue weighted by Gasteiger charge is -2.34. The molecule has 0 aromatic heterocycles. The molecule has 1 fully saturated rings. The maximum Gasteiger partial charge on any atom is 0.336 e. The van der Waals surface area contributed by atoms with E-state index in [0.29, 0.717) is 11.1 Å². The van der Waals surface area contributed by atoms with Crippen molar-refractivity contribution in [3.63, 3.8) is 0 Å². The Labute approximate surface area is 152 Å². The van der Waals surface area contributed by atoms with Gasteiger partial charge in [-0.3, -0.25) is 4.79 Å². The van der Waals surface area contributed by atoms with Gasteiger partial charge < -0.3 is 10.4 Å². The van der Waals surface area contributed by atoms with Gasteiger partial charge in [0.15, 0.2) is 0 Å². The first kappa shape index (κ1) is 18.1. The van der Waals surface area contributed by atoms with Crippen molar-refractivity contribution < 1.29 is 19.1 Å². The van der Waals surface area contributed by atoms with Gasteiger partial charge in [0.1, 0.15) is 5.82 Å². The number of carboxylic acids is 1. The minimum absolute atomic E-state index is 0.0121. The largest absolute Gasteiger partial charge is 0.478 e. The molecule has 1 aliphatic carbocycles. The number of carbonyl (C=O) groups excluding carboxylic acids is 1. The Bertz CT molecular complexity index is 830. The van der Waals surface area contributed by atoms with Crippen molar-refractivity contribution in [3.05, 3.63) is 70.5 Å². The molecule has 0 spiro atoms. The molecule has 1 atom stereocenters. The molecule has 1 unspecified atom stereocenters. The van der Waals surface area contributed by atoms with Gasteiger partial charge in [-0.05, 0) is 54.5 Å². The highest BCUT2D eigenvalue weighted by Gasteiger charge is 2.30. The number of halogens is 1. The first-order chi connectivity index (χ1) is 12.5. The Morgan fingerprint density at radius 1 is 1.23 bits per heavy atom. The molecule has 0 saturated heterocycles. The molecule has 136 valence electrons. The van der Waals surface area contributed by atoms with E-state index in [1.165, 1.54) is 12.1 Å². The molecule has 0 radical (unpaired) electrons. The highest BCUT2D eigenvalue weighted by atomic mass is 19.1. The predicted octanol–water partition coefficient (Wildman–Crippen LogP) is 4.03. The Hall–Kier alpha value is -2.69. The number of aryl methyl sites for hydroxylation is 1. The number of hydrogen-bond acceptors (Lipinski definition) is 2. The summed E-state index contributed by atoms with van der Waals surface area (Å²) in [5, 5.41) is 12.4. The molecule has 3 rings (SSSR count). The molecule has 0 heterocycles. The molecular formula is C21H22FNO3. The Morgan fingerprint density at radius 3 is 2.58 bits per heavy atom. The van der Waals surface area contributed by atoms with Crippen LogP contribution in [0, 0.1) is 18.7 Å². The van der Waals surface area contributed by atoms with Crippen LogP contribution in [-0.2, 0) is 11.2 Å². The van der Waals surface area contributed by atoms with E-state index >= 15 is 0 Å². The van der Waals surface area contributed by atoms with E-state index < -0.39 is 5.97 Å². The van der Waals surface area contributed by atoms with Crippen LogP contribution in [0.25, 0.3) is 0 Å². The monoisotopic (exact) mass is 355 g/mol. The van der Waals surface area contributed by atoms with Crippen LogP contribution in [0.15, 0.2) is 42.5 Å². The lowest BCUT2D eigenvalue weighted by atomic mass is 9.77. The van der Waals surface area contributed by atoms with Crippen molar-refractivity contribution in [1.29, 1.82) is 0 Å². The Balaban J connectivity index is 1.79. The van der Waals surface area contributed by atoms with Gasteiger partial charge in [0.05, 0.1) is 18.0 Å². The summed E-state index contributed by atoms with van der Waals surface area (Å²) >= 11 is 0. The number of amides is 1. The molecule has 0 bridgehead atoms. The second-order valence-electron chi connectivity index (χ2n) is 6.88. The van der Waals surface area contributed by atoms with Crippen molar-refractivity contribution in [3.8, 4) is 0 Å². The summed E-state index contributed by atoms with van der Waals surface area (Å²) in [7, 11) is 0. The van der Waals surface area contributed by atoms with Crippen LogP contribution in [0.4, 0.5) is 4.39 Å². The second-order valence-corrected chi connectivity index (χ2v) is 6.88. The first-order valence-corrected chi connectivity index (χ1v) is 8.82. The molecule has 26 heavy (non-hydrogen) atoms. The van der Waals surface area contributed by atoms with Gasteiger partial charge in [-0.15, -0.1) is 0 Å². The van der Waals surface area contributed by atoms with Crippen molar-refractivity contribution >= 4 is 11.9 Å². The lowest BCUT2D eigenvalue weighted by molar-refractivity contribution is -0.121. The summed E-state index contributed by atoms with van der Waals surface area (Å²) in [6.07, 6.45) is 3.08. The summed E-state index contributed by atoms with van der Waals surface area (Å²) in [5.41, 5.74) is 2.05. The van der Waals surface area contributed by atoms with E-state index in [4.69, 9.17) is 0 Å². The van der Waals surface area contributed by atoms with Crippen molar-refractivity contribution in [2.45, 2.75) is 38.6 Å².